The average molecular weight is 413 g/mol. The molecule has 0 saturated heterocycles. The highest BCUT2D eigenvalue weighted by atomic mass is 16.6. The quantitative estimate of drug-likeness (QED) is 0.403. The van der Waals surface area contributed by atoms with Crippen LogP contribution in [0.25, 0.3) is 0 Å². The van der Waals surface area contributed by atoms with Crippen molar-refractivity contribution in [2.24, 2.45) is 0 Å². The fourth-order valence-electron chi connectivity index (χ4n) is 3.25. The monoisotopic (exact) mass is 413 g/mol. The molecule has 0 N–H and O–H groups in total. The molecule has 156 valence electrons. The van der Waals surface area contributed by atoms with Crippen LogP contribution in [-0.4, -0.2) is 38.2 Å². The third kappa shape index (κ3) is 3.87. The first-order valence-corrected chi connectivity index (χ1v) is 8.85. The topological polar surface area (TPSA) is 114 Å². The van der Waals surface area contributed by atoms with E-state index in [1.54, 1.807) is 24.3 Å². The Bertz CT molecular complexity index is 995. The predicted molar refractivity (Wildman–Crippen MR) is 104 cm³/mol. The minimum absolute atomic E-state index is 0.0119. The van der Waals surface area contributed by atoms with Crippen LogP contribution in [0.1, 0.15) is 23.3 Å². The maximum Gasteiger partial charge on any atom is 0.337 e. The molecule has 0 radical (unpaired) electrons. The summed E-state index contributed by atoms with van der Waals surface area (Å²) in [5.41, 5.74) is 0.942. The smallest absolute Gasteiger partial charge is 0.337 e. The molecule has 0 aromatic heterocycles. The maximum atomic E-state index is 12.6. The third-order valence-electron chi connectivity index (χ3n) is 4.72. The van der Waals surface area contributed by atoms with Gasteiger partial charge in [0, 0.05) is 12.1 Å². The second kappa shape index (κ2) is 8.75. The highest BCUT2D eigenvalue weighted by Crippen LogP contribution is 2.46. The van der Waals surface area contributed by atoms with Crippen LogP contribution in [0.3, 0.4) is 0 Å². The highest BCUT2D eigenvalue weighted by molar-refractivity contribution is 6.03. The Hall–Kier alpha value is -3.72. The van der Waals surface area contributed by atoms with Crippen molar-refractivity contribution in [1.82, 2.24) is 0 Å². The molecule has 9 heteroatoms. The van der Waals surface area contributed by atoms with Crippen molar-refractivity contribution >= 4 is 17.6 Å². The Morgan fingerprint density at radius 2 is 1.27 bits per heavy atom. The van der Waals surface area contributed by atoms with Crippen molar-refractivity contribution in [3.63, 3.8) is 0 Å². The summed E-state index contributed by atoms with van der Waals surface area (Å²) in [7, 11) is 3.92. The van der Waals surface area contributed by atoms with Crippen LogP contribution in [0.2, 0.25) is 0 Å². The molecule has 1 heterocycles. The van der Waals surface area contributed by atoms with E-state index < -0.39 is 29.1 Å². The molecule has 2 aromatic carbocycles. The van der Waals surface area contributed by atoms with Gasteiger partial charge in [-0.15, -0.1) is 0 Å². The number of methoxy groups -OCH3 is 3. The van der Waals surface area contributed by atoms with Crippen molar-refractivity contribution in [3.8, 4) is 5.75 Å². The van der Waals surface area contributed by atoms with E-state index >= 15 is 0 Å². The molecule has 2 atom stereocenters. The molecule has 1 aliphatic rings. The second-order valence-corrected chi connectivity index (χ2v) is 6.33. The number of benzene rings is 2. The predicted octanol–water partition coefficient (Wildman–Crippen LogP) is 3.06. The SMILES string of the molecule is COC(=O)C1=C(C(=O)OC)C(c2ccc([N+](=O)[O-])cc2)OC1c1ccc(OC)cc1. The second-order valence-electron chi connectivity index (χ2n) is 6.33. The van der Waals surface area contributed by atoms with Gasteiger partial charge >= 0.3 is 11.9 Å². The first-order valence-electron chi connectivity index (χ1n) is 8.85. The summed E-state index contributed by atoms with van der Waals surface area (Å²) >= 11 is 0. The van der Waals surface area contributed by atoms with Gasteiger partial charge in [-0.1, -0.05) is 12.1 Å². The van der Waals surface area contributed by atoms with Crippen LogP contribution in [0, 0.1) is 10.1 Å². The molecule has 0 bridgehead atoms. The zero-order chi connectivity index (χ0) is 21.8. The van der Waals surface area contributed by atoms with Gasteiger partial charge in [-0.25, -0.2) is 9.59 Å². The first-order chi connectivity index (χ1) is 14.4. The Morgan fingerprint density at radius 1 is 0.833 bits per heavy atom. The summed E-state index contributed by atoms with van der Waals surface area (Å²) < 4.78 is 21.0. The van der Waals surface area contributed by atoms with Gasteiger partial charge < -0.3 is 18.9 Å². The van der Waals surface area contributed by atoms with Gasteiger partial charge in [0.1, 0.15) is 18.0 Å². The molecule has 0 saturated carbocycles. The highest BCUT2D eigenvalue weighted by Gasteiger charge is 2.44. The zero-order valence-electron chi connectivity index (χ0n) is 16.5. The van der Waals surface area contributed by atoms with Crippen LogP contribution in [0.15, 0.2) is 59.7 Å². The first kappa shape index (κ1) is 21.0. The van der Waals surface area contributed by atoms with Crippen molar-refractivity contribution in [1.29, 1.82) is 0 Å². The number of esters is 2. The number of non-ortho nitro benzene ring substituents is 1. The molecule has 2 aromatic rings. The molecule has 0 amide bonds. The fraction of sp³-hybridized carbons (Fsp3) is 0.238. The number of rotatable bonds is 6. The Balaban J connectivity index is 2.12. The standard InChI is InChI=1S/C21H19NO8/c1-27-15-10-6-13(7-11-15)19-17(21(24)29-3)16(20(23)28-2)18(30-19)12-4-8-14(9-5-12)22(25)26/h4-11,18-19H,1-3H3. The van der Waals surface area contributed by atoms with E-state index in [0.29, 0.717) is 16.9 Å². The van der Waals surface area contributed by atoms with E-state index in [-0.39, 0.29) is 16.8 Å². The number of carbonyl (C=O) groups excluding carboxylic acids is 2. The number of carbonyl (C=O) groups is 2. The molecule has 2 unspecified atom stereocenters. The normalized spacial score (nSPS) is 18.1. The summed E-state index contributed by atoms with van der Waals surface area (Å²) in [5.74, 6) is -0.879. The van der Waals surface area contributed by atoms with Crippen LogP contribution in [0.5, 0.6) is 5.75 Å². The lowest BCUT2D eigenvalue weighted by molar-refractivity contribution is -0.384. The number of nitro benzene ring substituents is 1. The zero-order valence-corrected chi connectivity index (χ0v) is 16.5. The summed E-state index contributed by atoms with van der Waals surface area (Å²) in [6, 6.07) is 12.3. The lowest BCUT2D eigenvalue weighted by Crippen LogP contribution is -2.16. The van der Waals surface area contributed by atoms with E-state index in [1.165, 1.54) is 45.6 Å². The number of hydrogen-bond donors (Lipinski definition) is 0. The molecule has 9 nitrogen and oxygen atoms in total. The number of nitrogens with zero attached hydrogens (tertiary/aromatic N) is 1. The molecule has 3 rings (SSSR count). The minimum atomic E-state index is -0.973. The van der Waals surface area contributed by atoms with Crippen molar-refractivity contribution in [2.45, 2.75) is 12.2 Å². The Morgan fingerprint density at radius 3 is 1.63 bits per heavy atom. The minimum Gasteiger partial charge on any atom is -0.497 e. The lowest BCUT2D eigenvalue weighted by atomic mass is 9.95. The molecule has 0 fully saturated rings. The summed E-state index contributed by atoms with van der Waals surface area (Å²) in [5, 5.41) is 10.9. The molecular weight excluding hydrogens is 394 g/mol. The Labute approximate surface area is 172 Å². The fourth-order valence-corrected chi connectivity index (χ4v) is 3.25. The van der Waals surface area contributed by atoms with Crippen molar-refractivity contribution in [2.75, 3.05) is 21.3 Å². The number of hydrogen-bond acceptors (Lipinski definition) is 8. The van der Waals surface area contributed by atoms with Gasteiger partial charge in [-0.3, -0.25) is 10.1 Å². The van der Waals surface area contributed by atoms with E-state index in [9.17, 15) is 19.7 Å². The van der Waals surface area contributed by atoms with E-state index in [2.05, 4.69) is 0 Å². The lowest BCUT2D eigenvalue weighted by Gasteiger charge is -2.17. The molecule has 1 aliphatic heterocycles. The van der Waals surface area contributed by atoms with Gasteiger partial charge in [0.2, 0.25) is 0 Å². The van der Waals surface area contributed by atoms with Gasteiger partial charge in [-0.05, 0) is 35.4 Å². The number of nitro groups is 1. The van der Waals surface area contributed by atoms with E-state index in [4.69, 9.17) is 18.9 Å². The van der Waals surface area contributed by atoms with Gasteiger partial charge in [0.05, 0.1) is 37.4 Å². The van der Waals surface area contributed by atoms with Crippen LogP contribution in [-0.2, 0) is 23.8 Å². The average Bonchev–Trinajstić information content (AvgIpc) is 3.18. The van der Waals surface area contributed by atoms with Gasteiger partial charge in [-0.2, -0.15) is 0 Å². The summed E-state index contributed by atoms with van der Waals surface area (Å²) in [6.07, 6.45) is -1.88. The third-order valence-corrected chi connectivity index (χ3v) is 4.72. The molecule has 30 heavy (non-hydrogen) atoms. The van der Waals surface area contributed by atoms with E-state index in [0.717, 1.165) is 0 Å². The number of ether oxygens (including phenoxy) is 4. The summed E-state index contributed by atoms with van der Waals surface area (Å²) in [4.78, 5) is 35.6. The van der Waals surface area contributed by atoms with Crippen molar-refractivity contribution < 1.29 is 33.5 Å². The van der Waals surface area contributed by atoms with Gasteiger partial charge in [0.25, 0.3) is 5.69 Å². The van der Waals surface area contributed by atoms with Crippen LogP contribution >= 0.6 is 0 Å². The molecule has 0 aliphatic carbocycles. The van der Waals surface area contributed by atoms with Crippen LogP contribution < -0.4 is 4.74 Å². The largest absolute Gasteiger partial charge is 0.497 e. The molecule has 0 spiro atoms. The Kier molecular flexibility index (Phi) is 6.12. The van der Waals surface area contributed by atoms with E-state index in [1.807, 2.05) is 0 Å². The van der Waals surface area contributed by atoms with Crippen molar-refractivity contribution in [3.05, 3.63) is 80.9 Å². The maximum absolute atomic E-state index is 12.6. The van der Waals surface area contributed by atoms with Gasteiger partial charge in [0.15, 0.2) is 0 Å². The molecular formula is C21H19NO8. The summed E-state index contributed by atoms with van der Waals surface area (Å²) in [6.45, 7) is 0. The van der Waals surface area contributed by atoms with Crippen LogP contribution in [0.4, 0.5) is 5.69 Å².